The molecule has 5 aliphatic rings. The fraction of sp³-hybridized carbons (Fsp3) is 0.238. The first kappa shape index (κ1) is 38.8. The van der Waals surface area contributed by atoms with E-state index in [9.17, 15) is 0 Å². The van der Waals surface area contributed by atoms with Gasteiger partial charge in [0, 0.05) is 28.1 Å². The van der Waals surface area contributed by atoms with Gasteiger partial charge in [0.15, 0.2) is 8.07 Å². The minimum atomic E-state index is -2.66. The molecule has 2 aliphatic heterocycles. The average Bonchev–Trinajstić information content (AvgIpc) is 4.18. The number of benzene rings is 8. The zero-order valence-electron chi connectivity index (χ0n) is 38.5. The lowest BCUT2D eigenvalue weighted by molar-refractivity contribution is 0.333. The molecule has 0 amide bonds. The molecule has 3 heterocycles. The summed E-state index contributed by atoms with van der Waals surface area (Å²) in [5, 5.41) is 8.40. The second-order valence-corrected chi connectivity index (χ2v) is 25.4. The van der Waals surface area contributed by atoms with Crippen LogP contribution in [-0.4, -0.2) is 14.1 Å². The second-order valence-electron chi connectivity index (χ2n) is 21.8. The zero-order valence-corrected chi connectivity index (χ0v) is 39.5. The second kappa shape index (κ2) is 13.8. The molecule has 0 radical (unpaired) electrons. The van der Waals surface area contributed by atoms with Crippen molar-refractivity contribution in [2.24, 2.45) is 11.8 Å². The Morgan fingerprint density at radius 2 is 1.12 bits per heavy atom. The topological polar surface area (TPSA) is 16.4 Å². The highest BCUT2D eigenvalue weighted by Crippen LogP contribution is 2.54. The van der Waals surface area contributed by atoms with Crippen LogP contribution in [0.2, 0.25) is 0 Å². The smallest absolute Gasteiger partial charge is 0.182 e. The van der Waals surface area contributed by atoms with Crippen molar-refractivity contribution >= 4 is 62.1 Å². The largest absolute Gasteiger partial charge is 0.456 e. The van der Waals surface area contributed by atoms with Crippen LogP contribution in [0.1, 0.15) is 77.3 Å². The van der Waals surface area contributed by atoms with Crippen LogP contribution in [0, 0.1) is 11.8 Å². The summed E-state index contributed by atoms with van der Waals surface area (Å²) in [5.74, 6) is 1.44. The maximum atomic E-state index is 6.82. The maximum absolute atomic E-state index is 6.82. The number of anilines is 2. The third-order valence-electron chi connectivity index (χ3n) is 17.4. The Labute approximate surface area is 390 Å². The summed E-state index contributed by atoms with van der Waals surface area (Å²) in [5.41, 5.74) is 18.5. The van der Waals surface area contributed by atoms with Crippen LogP contribution in [-0.2, 0) is 10.8 Å². The number of fused-ring (bicyclic) bond motifs is 16. The van der Waals surface area contributed by atoms with Crippen LogP contribution in [0.4, 0.5) is 11.4 Å². The van der Waals surface area contributed by atoms with Crippen molar-refractivity contribution in [3.8, 4) is 44.5 Å². The molecule has 9 aromatic rings. The van der Waals surface area contributed by atoms with Crippen molar-refractivity contribution in [1.29, 1.82) is 0 Å². The molecule has 3 atom stereocenters. The molecule has 3 heteroatoms. The van der Waals surface area contributed by atoms with E-state index < -0.39 is 8.07 Å². The van der Waals surface area contributed by atoms with Gasteiger partial charge < -0.3 is 9.32 Å². The van der Waals surface area contributed by atoms with Gasteiger partial charge in [-0.2, -0.15) is 0 Å². The Bertz CT molecular complexity index is 3430. The molecule has 0 N–H and O–H groups in total. The molecular formula is C63H55NOSi. The van der Waals surface area contributed by atoms with E-state index >= 15 is 0 Å². The van der Waals surface area contributed by atoms with E-state index in [1.807, 2.05) is 0 Å². The van der Waals surface area contributed by atoms with Crippen molar-refractivity contribution in [2.45, 2.75) is 83.1 Å². The summed E-state index contributed by atoms with van der Waals surface area (Å²) < 4.78 is 6.82. The average molecular weight is 870 g/mol. The maximum Gasteiger partial charge on any atom is 0.182 e. The van der Waals surface area contributed by atoms with Gasteiger partial charge >= 0.3 is 0 Å². The summed E-state index contributed by atoms with van der Waals surface area (Å²) in [6, 6.07) is 66.2. The normalized spacial score (nSPS) is 20.9. The van der Waals surface area contributed by atoms with Gasteiger partial charge in [-0.3, -0.25) is 0 Å². The summed E-state index contributed by atoms with van der Waals surface area (Å²) in [6.07, 6.45) is 7.61. The van der Waals surface area contributed by atoms with Crippen LogP contribution >= 0.6 is 0 Å². The predicted octanol–water partition coefficient (Wildman–Crippen LogP) is 13.9. The summed E-state index contributed by atoms with van der Waals surface area (Å²) in [6.45, 7) is 9.83. The van der Waals surface area contributed by atoms with Gasteiger partial charge in [0.05, 0.1) is 5.69 Å². The minimum Gasteiger partial charge on any atom is -0.456 e. The van der Waals surface area contributed by atoms with Crippen molar-refractivity contribution in [1.82, 2.24) is 0 Å². The standard InChI is InChI=1S/C63H55NOSi/c1-62(2)31-32-63(3,4)61-44(21-14-22-52(61)62)40-15-13-16-43(35-40)64(53-34-39-27-28-42(53)33-39)54-37-51-45-17-5-9-23-55(45)65-56(51)38-50(54)41-29-30-49-48-20-8-12-26-59(48)66(60(49)36-41)57-24-10-6-18-46(57)47-19-7-11-25-58(47)66/h5-26,29-30,35-39,42,53H,27-28,31-34H2,1-4H3. The first-order chi connectivity index (χ1) is 32.2. The predicted molar refractivity (Wildman–Crippen MR) is 279 cm³/mol. The van der Waals surface area contributed by atoms with Gasteiger partial charge in [-0.05, 0) is 156 Å². The summed E-state index contributed by atoms with van der Waals surface area (Å²) in [7, 11) is -2.66. The molecule has 3 aliphatic carbocycles. The number of hydrogen-bond acceptors (Lipinski definition) is 2. The Morgan fingerprint density at radius 1 is 0.485 bits per heavy atom. The number of rotatable bonds is 5. The number of nitrogens with zero attached hydrogens (tertiary/aromatic N) is 1. The fourth-order valence-electron chi connectivity index (χ4n) is 14.3. The zero-order chi connectivity index (χ0) is 44.1. The molecule has 2 bridgehead atoms. The molecule has 1 aromatic heterocycles. The minimum absolute atomic E-state index is 0.0938. The van der Waals surface area contributed by atoms with E-state index in [0.717, 1.165) is 17.1 Å². The molecule has 2 fully saturated rings. The van der Waals surface area contributed by atoms with Gasteiger partial charge in [0.1, 0.15) is 11.2 Å². The molecule has 2 nitrogen and oxygen atoms in total. The lowest BCUT2D eigenvalue weighted by Crippen LogP contribution is -2.70. The van der Waals surface area contributed by atoms with E-state index in [-0.39, 0.29) is 10.8 Å². The lowest BCUT2D eigenvalue weighted by Gasteiger charge is -2.43. The van der Waals surface area contributed by atoms with Gasteiger partial charge in [-0.25, -0.2) is 0 Å². The molecule has 322 valence electrons. The molecule has 66 heavy (non-hydrogen) atoms. The first-order valence-electron chi connectivity index (χ1n) is 24.6. The number of para-hydroxylation sites is 1. The van der Waals surface area contributed by atoms with Crippen molar-refractivity contribution < 1.29 is 4.42 Å². The van der Waals surface area contributed by atoms with Crippen LogP contribution < -0.4 is 25.6 Å². The lowest BCUT2D eigenvalue weighted by atomic mass is 9.61. The highest BCUT2D eigenvalue weighted by Gasteiger charge is 2.54. The van der Waals surface area contributed by atoms with E-state index in [1.54, 1.807) is 0 Å². The molecular weight excluding hydrogens is 815 g/mol. The van der Waals surface area contributed by atoms with Crippen LogP contribution in [0.3, 0.4) is 0 Å². The molecule has 2 saturated carbocycles. The van der Waals surface area contributed by atoms with Crippen LogP contribution in [0.5, 0.6) is 0 Å². The SMILES string of the molecule is CC1(C)CCC(C)(C)c2c(-c3cccc(N(c4cc5c(cc4-c4ccc6c(c4)[Si]4(c7ccccc7-c7ccccc74)c4ccccc4-6)oc4ccccc45)C4CC5CCC4C5)c3)cccc21. The Morgan fingerprint density at radius 3 is 1.83 bits per heavy atom. The Kier molecular flexibility index (Phi) is 8.12. The van der Waals surface area contributed by atoms with Gasteiger partial charge in [-0.1, -0.05) is 174 Å². The Hall–Kier alpha value is -6.42. The highest BCUT2D eigenvalue weighted by atomic mass is 28.3. The van der Waals surface area contributed by atoms with E-state index in [4.69, 9.17) is 4.42 Å². The van der Waals surface area contributed by atoms with Crippen molar-refractivity contribution in [3.63, 3.8) is 0 Å². The number of hydrogen-bond donors (Lipinski definition) is 0. The molecule has 0 saturated heterocycles. The van der Waals surface area contributed by atoms with Gasteiger partial charge in [-0.15, -0.1) is 0 Å². The van der Waals surface area contributed by atoms with E-state index in [0.29, 0.717) is 12.0 Å². The number of furan rings is 1. The third-order valence-corrected chi connectivity index (χ3v) is 22.3. The molecule has 8 aromatic carbocycles. The van der Waals surface area contributed by atoms with Crippen molar-refractivity contribution in [2.75, 3.05) is 4.90 Å². The molecule has 3 unspecified atom stereocenters. The van der Waals surface area contributed by atoms with E-state index in [2.05, 4.69) is 202 Å². The quantitative estimate of drug-likeness (QED) is 0.160. The highest BCUT2D eigenvalue weighted by molar-refractivity contribution is 7.24. The molecule has 1 spiro atoms. The Balaban J connectivity index is 1.03. The first-order valence-corrected chi connectivity index (χ1v) is 26.6. The van der Waals surface area contributed by atoms with Crippen molar-refractivity contribution in [3.05, 3.63) is 181 Å². The molecule has 14 rings (SSSR count). The van der Waals surface area contributed by atoms with Crippen LogP contribution in [0.25, 0.3) is 66.4 Å². The monoisotopic (exact) mass is 869 g/mol. The van der Waals surface area contributed by atoms with Crippen LogP contribution in [0.15, 0.2) is 174 Å². The fourth-order valence-corrected chi connectivity index (χ4v) is 19.9. The van der Waals surface area contributed by atoms with E-state index in [1.165, 1.54) is 137 Å². The van der Waals surface area contributed by atoms with Gasteiger partial charge in [0.2, 0.25) is 0 Å². The summed E-state index contributed by atoms with van der Waals surface area (Å²) in [4.78, 5) is 2.82. The van der Waals surface area contributed by atoms with Gasteiger partial charge in [0.25, 0.3) is 0 Å². The third kappa shape index (κ3) is 5.29. The summed E-state index contributed by atoms with van der Waals surface area (Å²) >= 11 is 0.